The smallest absolute Gasteiger partial charge is 0.224 e. The van der Waals surface area contributed by atoms with Crippen molar-refractivity contribution in [1.82, 2.24) is 15.2 Å². The molecule has 1 amide bonds. The lowest BCUT2D eigenvalue weighted by Crippen LogP contribution is -2.38. The molecule has 4 rings (SSSR count). The predicted octanol–water partition coefficient (Wildman–Crippen LogP) is 3.15. The van der Waals surface area contributed by atoms with Crippen molar-refractivity contribution in [1.29, 1.82) is 0 Å². The third-order valence-electron chi connectivity index (χ3n) is 6.27. The lowest BCUT2D eigenvalue weighted by atomic mass is 9.96. The van der Waals surface area contributed by atoms with Crippen LogP contribution in [-0.4, -0.2) is 42.5 Å². The van der Waals surface area contributed by atoms with Gasteiger partial charge in [0.25, 0.3) is 0 Å². The summed E-state index contributed by atoms with van der Waals surface area (Å²) in [5.74, 6) is 1.68. The van der Waals surface area contributed by atoms with Gasteiger partial charge in [0.15, 0.2) is 0 Å². The third-order valence-corrected chi connectivity index (χ3v) is 6.27. The van der Waals surface area contributed by atoms with Crippen LogP contribution in [0.2, 0.25) is 0 Å². The minimum absolute atomic E-state index is 0.0864. The van der Waals surface area contributed by atoms with Gasteiger partial charge in [-0.05, 0) is 79.9 Å². The molecule has 2 heterocycles. The van der Waals surface area contributed by atoms with Gasteiger partial charge in [0.05, 0.1) is 13.5 Å². The van der Waals surface area contributed by atoms with Gasteiger partial charge >= 0.3 is 0 Å². The van der Waals surface area contributed by atoms with E-state index in [2.05, 4.69) is 27.3 Å². The molecule has 0 unspecified atom stereocenters. The number of methoxy groups -OCH3 is 1. The molecular weight excluding hydrogens is 362 g/mol. The molecule has 1 saturated heterocycles. The lowest BCUT2D eigenvalue weighted by molar-refractivity contribution is -0.120. The molecule has 2 aliphatic rings. The first-order chi connectivity index (χ1) is 14.2. The van der Waals surface area contributed by atoms with Gasteiger partial charge in [-0.3, -0.25) is 14.7 Å². The van der Waals surface area contributed by atoms with E-state index in [-0.39, 0.29) is 5.91 Å². The Labute approximate surface area is 173 Å². The summed E-state index contributed by atoms with van der Waals surface area (Å²) < 4.78 is 5.67. The average Bonchev–Trinajstić information content (AvgIpc) is 3.21. The van der Waals surface area contributed by atoms with Crippen LogP contribution in [0.25, 0.3) is 0 Å². The second-order valence-corrected chi connectivity index (χ2v) is 8.35. The largest absolute Gasteiger partial charge is 0.496 e. The fraction of sp³-hybridized carbons (Fsp3) is 0.500. The quantitative estimate of drug-likeness (QED) is 0.785. The molecule has 2 aromatic rings. The highest BCUT2D eigenvalue weighted by Crippen LogP contribution is 2.31. The number of ether oxygens (including phenoxy) is 1. The van der Waals surface area contributed by atoms with Crippen LogP contribution >= 0.6 is 0 Å². The number of hydrogen-bond donors (Lipinski definition) is 1. The highest BCUT2D eigenvalue weighted by molar-refractivity contribution is 5.78. The van der Waals surface area contributed by atoms with E-state index in [1.165, 1.54) is 36.0 Å². The molecule has 0 radical (unpaired) electrons. The van der Waals surface area contributed by atoms with Gasteiger partial charge in [0.1, 0.15) is 5.75 Å². The summed E-state index contributed by atoms with van der Waals surface area (Å²) in [6.45, 7) is 3.87. The molecule has 1 aromatic carbocycles. The van der Waals surface area contributed by atoms with Crippen LogP contribution < -0.4 is 10.1 Å². The number of piperidine rings is 1. The van der Waals surface area contributed by atoms with E-state index in [0.29, 0.717) is 12.3 Å². The second-order valence-electron chi connectivity index (χ2n) is 8.35. The van der Waals surface area contributed by atoms with E-state index < -0.39 is 0 Å². The van der Waals surface area contributed by atoms with Gasteiger partial charge in [-0.2, -0.15) is 0 Å². The Morgan fingerprint density at radius 3 is 2.76 bits per heavy atom. The molecule has 1 N–H and O–H groups in total. The molecule has 0 saturated carbocycles. The fourth-order valence-corrected chi connectivity index (χ4v) is 4.56. The number of aromatic nitrogens is 1. The number of pyridine rings is 1. The maximum Gasteiger partial charge on any atom is 0.224 e. The van der Waals surface area contributed by atoms with E-state index in [0.717, 1.165) is 50.3 Å². The number of fused-ring (bicyclic) bond motifs is 1. The molecular formula is C24H31N3O2. The molecule has 1 fully saturated rings. The minimum atomic E-state index is 0.0864. The van der Waals surface area contributed by atoms with Crippen molar-refractivity contribution >= 4 is 5.91 Å². The molecule has 29 heavy (non-hydrogen) atoms. The number of nitrogens with one attached hydrogen (secondary N) is 1. The first kappa shape index (κ1) is 19.9. The van der Waals surface area contributed by atoms with Gasteiger partial charge in [-0.15, -0.1) is 0 Å². The van der Waals surface area contributed by atoms with Gasteiger partial charge < -0.3 is 10.1 Å². The Morgan fingerprint density at radius 2 is 2.03 bits per heavy atom. The lowest BCUT2D eigenvalue weighted by Gasteiger charge is -2.32. The highest BCUT2D eigenvalue weighted by Gasteiger charge is 2.22. The average molecular weight is 394 g/mol. The summed E-state index contributed by atoms with van der Waals surface area (Å²) in [4.78, 5) is 18.7. The normalized spacial score (nSPS) is 17.1. The van der Waals surface area contributed by atoms with Crippen LogP contribution in [0.15, 0.2) is 36.7 Å². The molecule has 1 aromatic heterocycles. The Hall–Kier alpha value is -2.40. The van der Waals surface area contributed by atoms with Crippen molar-refractivity contribution in [3.63, 3.8) is 0 Å². The molecule has 5 nitrogen and oxygen atoms in total. The fourth-order valence-electron chi connectivity index (χ4n) is 4.56. The Kier molecular flexibility index (Phi) is 6.45. The number of likely N-dealkylation sites (tertiary alicyclic amines) is 1. The van der Waals surface area contributed by atoms with Crippen LogP contribution in [-0.2, 0) is 30.6 Å². The van der Waals surface area contributed by atoms with Crippen molar-refractivity contribution in [2.75, 3.05) is 26.7 Å². The van der Waals surface area contributed by atoms with Gasteiger partial charge in [-0.1, -0.05) is 12.1 Å². The molecule has 1 aliphatic heterocycles. The Morgan fingerprint density at radius 1 is 1.24 bits per heavy atom. The van der Waals surface area contributed by atoms with Crippen LogP contribution in [0.5, 0.6) is 5.75 Å². The monoisotopic (exact) mass is 393 g/mol. The van der Waals surface area contributed by atoms with Crippen LogP contribution in [0.4, 0.5) is 0 Å². The number of benzene rings is 1. The highest BCUT2D eigenvalue weighted by atomic mass is 16.5. The summed E-state index contributed by atoms with van der Waals surface area (Å²) in [6, 6.07) is 8.43. The molecule has 0 bridgehead atoms. The van der Waals surface area contributed by atoms with E-state index in [4.69, 9.17) is 4.74 Å². The zero-order valence-electron chi connectivity index (χ0n) is 17.3. The van der Waals surface area contributed by atoms with Gasteiger partial charge in [0.2, 0.25) is 5.91 Å². The summed E-state index contributed by atoms with van der Waals surface area (Å²) in [5.41, 5.74) is 5.25. The molecule has 5 heteroatoms. The second kappa shape index (κ2) is 9.40. The maximum absolute atomic E-state index is 12.2. The zero-order valence-corrected chi connectivity index (χ0v) is 17.3. The van der Waals surface area contributed by atoms with Crippen molar-refractivity contribution < 1.29 is 9.53 Å². The standard InChI is InChI=1S/C24H31N3O2/c1-29-23-14-21-6-2-5-20(21)13-22(23)17-27-10-7-18(8-11-27)16-26-24(28)12-19-4-3-9-25-15-19/h3-4,9,13-15,18H,2,5-8,10-12,16-17H2,1H3,(H,26,28). The van der Waals surface area contributed by atoms with E-state index in [9.17, 15) is 4.79 Å². The number of rotatable bonds is 7. The van der Waals surface area contributed by atoms with Crippen molar-refractivity contribution in [2.24, 2.45) is 5.92 Å². The van der Waals surface area contributed by atoms with E-state index in [1.807, 2.05) is 12.1 Å². The van der Waals surface area contributed by atoms with Crippen LogP contribution in [0, 0.1) is 5.92 Å². The number of carbonyl (C=O) groups excluding carboxylic acids is 1. The predicted molar refractivity (Wildman–Crippen MR) is 114 cm³/mol. The van der Waals surface area contributed by atoms with Gasteiger partial charge in [-0.25, -0.2) is 0 Å². The number of carbonyl (C=O) groups is 1. The molecule has 154 valence electrons. The topological polar surface area (TPSA) is 54.5 Å². The van der Waals surface area contributed by atoms with Crippen molar-refractivity contribution in [3.05, 3.63) is 58.9 Å². The summed E-state index contributed by atoms with van der Waals surface area (Å²) >= 11 is 0. The van der Waals surface area contributed by atoms with Crippen molar-refractivity contribution in [3.8, 4) is 5.75 Å². The van der Waals surface area contributed by atoms with Crippen molar-refractivity contribution in [2.45, 2.75) is 45.1 Å². The SMILES string of the molecule is COc1cc2c(cc1CN1CCC(CNC(=O)Cc3cccnc3)CC1)CCC2. The molecule has 0 atom stereocenters. The van der Waals surface area contributed by atoms with E-state index >= 15 is 0 Å². The summed E-state index contributed by atoms with van der Waals surface area (Å²) in [5, 5.41) is 3.11. The zero-order chi connectivity index (χ0) is 20.1. The Balaban J connectivity index is 1.23. The summed E-state index contributed by atoms with van der Waals surface area (Å²) in [7, 11) is 1.78. The third kappa shape index (κ3) is 5.15. The Bertz CT molecular complexity index is 830. The first-order valence-corrected chi connectivity index (χ1v) is 10.8. The first-order valence-electron chi connectivity index (χ1n) is 10.8. The minimum Gasteiger partial charge on any atom is -0.496 e. The van der Waals surface area contributed by atoms with Crippen LogP contribution in [0.1, 0.15) is 41.5 Å². The van der Waals surface area contributed by atoms with Gasteiger partial charge in [0, 0.05) is 31.0 Å². The van der Waals surface area contributed by atoms with E-state index in [1.54, 1.807) is 19.5 Å². The number of hydrogen-bond acceptors (Lipinski definition) is 4. The number of amides is 1. The maximum atomic E-state index is 12.2. The number of aryl methyl sites for hydroxylation is 2. The molecule has 1 aliphatic carbocycles. The van der Waals surface area contributed by atoms with Crippen LogP contribution in [0.3, 0.4) is 0 Å². The number of nitrogens with zero attached hydrogens (tertiary/aromatic N) is 2. The summed E-state index contributed by atoms with van der Waals surface area (Å²) in [6.07, 6.45) is 9.79. The molecule has 0 spiro atoms.